The normalized spacial score (nSPS) is 28.9. The van der Waals surface area contributed by atoms with Gasteiger partial charge in [0.1, 0.15) is 0 Å². The second kappa shape index (κ2) is 5.21. The zero-order valence-electron chi connectivity index (χ0n) is 13.5. The second-order valence-corrected chi connectivity index (χ2v) is 7.89. The third-order valence-corrected chi connectivity index (χ3v) is 4.80. The number of hydrogen-bond acceptors (Lipinski definition) is 3. The van der Waals surface area contributed by atoms with E-state index < -0.39 is 0 Å². The largest absolute Gasteiger partial charge is 0.338 e. The molecule has 3 amide bonds. The first-order chi connectivity index (χ1) is 10.3. The predicted octanol–water partition coefficient (Wildman–Crippen LogP) is 1.58. The maximum atomic E-state index is 12.5. The Morgan fingerprint density at radius 1 is 1.09 bits per heavy atom. The minimum atomic E-state index is -0.170. The molecule has 2 saturated heterocycles. The SMILES string of the molecule is CC(C)(C)CC(=O)N1CC(N2C(=O)C3CC=CCC3C2=O)C1. The third-order valence-electron chi connectivity index (χ3n) is 4.80. The first-order valence-electron chi connectivity index (χ1n) is 8.07. The molecule has 2 heterocycles. The summed E-state index contributed by atoms with van der Waals surface area (Å²) in [4.78, 5) is 40.3. The Bertz CT molecular complexity index is 515. The van der Waals surface area contributed by atoms with Crippen LogP contribution in [0.2, 0.25) is 0 Å². The van der Waals surface area contributed by atoms with Gasteiger partial charge >= 0.3 is 0 Å². The van der Waals surface area contributed by atoms with Crippen molar-refractivity contribution in [3.63, 3.8) is 0 Å². The molecule has 0 N–H and O–H groups in total. The Kier molecular flexibility index (Phi) is 3.62. The van der Waals surface area contributed by atoms with E-state index in [9.17, 15) is 14.4 Å². The van der Waals surface area contributed by atoms with E-state index in [2.05, 4.69) is 0 Å². The van der Waals surface area contributed by atoms with Crippen molar-refractivity contribution in [2.24, 2.45) is 17.3 Å². The lowest BCUT2D eigenvalue weighted by Crippen LogP contribution is -2.62. The Morgan fingerprint density at radius 3 is 2.05 bits per heavy atom. The number of imide groups is 1. The molecule has 0 saturated carbocycles. The van der Waals surface area contributed by atoms with Gasteiger partial charge in [-0.15, -0.1) is 0 Å². The summed E-state index contributed by atoms with van der Waals surface area (Å²) in [5.41, 5.74) is -0.0396. The minimum Gasteiger partial charge on any atom is -0.338 e. The van der Waals surface area contributed by atoms with E-state index in [4.69, 9.17) is 0 Å². The highest BCUT2D eigenvalue weighted by Gasteiger charge is 2.52. The van der Waals surface area contributed by atoms with Gasteiger partial charge in [-0.25, -0.2) is 0 Å². The van der Waals surface area contributed by atoms with Crippen LogP contribution in [-0.2, 0) is 14.4 Å². The highest BCUT2D eigenvalue weighted by molar-refractivity contribution is 6.06. The van der Waals surface area contributed by atoms with Crippen LogP contribution < -0.4 is 0 Å². The number of nitrogens with zero attached hydrogens (tertiary/aromatic N) is 2. The van der Waals surface area contributed by atoms with Crippen molar-refractivity contribution >= 4 is 17.7 Å². The topological polar surface area (TPSA) is 57.7 Å². The van der Waals surface area contributed by atoms with Gasteiger partial charge in [0.2, 0.25) is 17.7 Å². The second-order valence-electron chi connectivity index (χ2n) is 7.89. The Balaban J connectivity index is 1.60. The molecular weight excluding hydrogens is 280 g/mol. The molecule has 22 heavy (non-hydrogen) atoms. The molecule has 2 atom stereocenters. The van der Waals surface area contributed by atoms with Crippen LogP contribution in [0, 0.1) is 17.3 Å². The molecule has 2 fully saturated rings. The molecule has 3 aliphatic rings. The van der Waals surface area contributed by atoms with Gasteiger partial charge < -0.3 is 4.90 Å². The monoisotopic (exact) mass is 304 g/mol. The number of hydrogen-bond donors (Lipinski definition) is 0. The fraction of sp³-hybridized carbons (Fsp3) is 0.706. The molecule has 0 aromatic carbocycles. The highest BCUT2D eigenvalue weighted by Crippen LogP contribution is 2.37. The zero-order valence-corrected chi connectivity index (χ0v) is 13.5. The lowest BCUT2D eigenvalue weighted by Gasteiger charge is -2.44. The highest BCUT2D eigenvalue weighted by atomic mass is 16.2. The smallest absolute Gasteiger partial charge is 0.233 e. The van der Waals surface area contributed by atoms with E-state index in [0.717, 1.165) is 0 Å². The molecular formula is C17H24N2O3. The average Bonchev–Trinajstić information content (AvgIpc) is 2.61. The van der Waals surface area contributed by atoms with E-state index in [1.54, 1.807) is 4.90 Å². The van der Waals surface area contributed by atoms with Crippen LogP contribution in [0.1, 0.15) is 40.0 Å². The van der Waals surface area contributed by atoms with Gasteiger partial charge in [0.25, 0.3) is 0 Å². The fourth-order valence-electron chi connectivity index (χ4n) is 3.57. The predicted molar refractivity (Wildman–Crippen MR) is 81.6 cm³/mol. The van der Waals surface area contributed by atoms with Crippen LogP contribution in [0.5, 0.6) is 0 Å². The van der Waals surface area contributed by atoms with Crippen LogP contribution in [0.4, 0.5) is 0 Å². The number of rotatable bonds is 2. The summed E-state index contributed by atoms with van der Waals surface area (Å²) < 4.78 is 0. The van der Waals surface area contributed by atoms with Gasteiger partial charge in [-0.2, -0.15) is 0 Å². The minimum absolute atomic E-state index is 0.0349. The van der Waals surface area contributed by atoms with Crippen LogP contribution >= 0.6 is 0 Å². The van der Waals surface area contributed by atoms with Crippen LogP contribution in [0.3, 0.4) is 0 Å². The summed E-state index contributed by atoms with van der Waals surface area (Å²) in [6.07, 6.45) is 5.83. The maximum Gasteiger partial charge on any atom is 0.233 e. The van der Waals surface area contributed by atoms with Gasteiger partial charge in [-0.3, -0.25) is 19.3 Å². The number of carbonyl (C=O) groups is 3. The van der Waals surface area contributed by atoms with Crippen molar-refractivity contribution in [3.8, 4) is 0 Å². The van der Waals surface area contributed by atoms with Crippen molar-refractivity contribution in [1.29, 1.82) is 0 Å². The van der Waals surface area contributed by atoms with Crippen LogP contribution in [0.15, 0.2) is 12.2 Å². The molecule has 3 rings (SSSR count). The van der Waals surface area contributed by atoms with Gasteiger partial charge in [0, 0.05) is 19.5 Å². The average molecular weight is 304 g/mol. The quantitative estimate of drug-likeness (QED) is 0.575. The van der Waals surface area contributed by atoms with Gasteiger partial charge in [-0.05, 0) is 18.3 Å². The van der Waals surface area contributed by atoms with Crippen molar-refractivity contribution in [2.45, 2.75) is 46.1 Å². The summed E-state index contributed by atoms with van der Waals surface area (Å²) in [6, 6.07) is -0.116. The van der Waals surface area contributed by atoms with Gasteiger partial charge in [0.05, 0.1) is 17.9 Å². The van der Waals surface area contributed by atoms with Crippen LogP contribution in [0.25, 0.3) is 0 Å². The fourth-order valence-corrected chi connectivity index (χ4v) is 3.57. The first-order valence-corrected chi connectivity index (χ1v) is 8.07. The Labute approximate surface area is 131 Å². The molecule has 5 heteroatoms. The van der Waals surface area contributed by atoms with Crippen molar-refractivity contribution < 1.29 is 14.4 Å². The molecule has 0 bridgehead atoms. The standard InChI is InChI=1S/C17H24N2O3/c1-17(2,3)8-14(20)18-9-11(10-18)19-15(21)12-6-4-5-7-13(12)16(19)22/h4-5,11-13H,6-10H2,1-3H3. The summed E-state index contributed by atoms with van der Waals surface area (Å²) >= 11 is 0. The Morgan fingerprint density at radius 2 is 1.59 bits per heavy atom. The summed E-state index contributed by atoms with van der Waals surface area (Å²) in [6.45, 7) is 7.10. The van der Waals surface area contributed by atoms with Crippen molar-refractivity contribution in [1.82, 2.24) is 9.80 Å². The summed E-state index contributed by atoms with van der Waals surface area (Å²) in [5.74, 6) is -0.296. The maximum absolute atomic E-state index is 12.5. The van der Waals surface area contributed by atoms with Crippen molar-refractivity contribution in [2.75, 3.05) is 13.1 Å². The van der Waals surface area contributed by atoms with Gasteiger partial charge in [0.15, 0.2) is 0 Å². The van der Waals surface area contributed by atoms with E-state index in [0.29, 0.717) is 32.4 Å². The molecule has 2 unspecified atom stereocenters. The molecule has 0 aromatic rings. The molecule has 5 nitrogen and oxygen atoms in total. The number of fused-ring (bicyclic) bond motifs is 1. The number of amides is 3. The third kappa shape index (κ3) is 2.57. The molecule has 0 aromatic heterocycles. The Hall–Kier alpha value is -1.65. The lowest BCUT2D eigenvalue weighted by molar-refractivity contribution is -0.153. The molecule has 2 aliphatic heterocycles. The molecule has 0 radical (unpaired) electrons. The van der Waals surface area contributed by atoms with Crippen molar-refractivity contribution in [3.05, 3.63) is 12.2 Å². The molecule has 1 aliphatic carbocycles. The van der Waals surface area contributed by atoms with E-state index in [1.807, 2.05) is 32.9 Å². The zero-order chi connectivity index (χ0) is 16.1. The molecule has 120 valence electrons. The first kappa shape index (κ1) is 15.3. The van der Waals surface area contributed by atoms with E-state index >= 15 is 0 Å². The van der Waals surface area contributed by atoms with E-state index in [1.165, 1.54) is 4.90 Å². The number of carbonyl (C=O) groups excluding carboxylic acids is 3. The molecule has 0 spiro atoms. The van der Waals surface area contributed by atoms with Gasteiger partial charge in [-0.1, -0.05) is 32.9 Å². The summed E-state index contributed by atoms with van der Waals surface area (Å²) in [5, 5.41) is 0. The van der Waals surface area contributed by atoms with E-state index in [-0.39, 0.29) is 41.0 Å². The van der Waals surface area contributed by atoms with Crippen LogP contribution in [-0.4, -0.2) is 46.7 Å². The lowest BCUT2D eigenvalue weighted by atomic mass is 9.85. The number of likely N-dealkylation sites (tertiary alicyclic amines) is 2. The summed E-state index contributed by atoms with van der Waals surface area (Å²) in [7, 11) is 0. The number of allylic oxidation sites excluding steroid dienone is 2.